The van der Waals surface area contributed by atoms with Crippen molar-refractivity contribution in [2.45, 2.75) is 24.1 Å². The van der Waals surface area contributed by atoms with E-state index in [9.17, 15) is 19.2 Å². The van der Waals surface area contributed by atoms with E-state index in [0.717, 1.165) is 5.56 Å². The average molecular weight is 615 g/mol. The van der Waals surface area contributed by atoms with Crippen molar-refractivity contribution in [3.8, 4) is 0 Å². The molecule has 2 saturated carbocycles. The van der Waals surface area contributed by atoms with Crippen LogP contribution in [0.15, 0.2) is 40.9 Å². The second kappa shape index (κ2) is 9.63. The summed E-state index contributed by atoms with van der Waals surface area (Å²) in [6, 6.07) is 9.29. The van der Waals surface area contributed by atoms with E-state index in [-0.39, 0.29) is 40.0 Å². The minimum atomic E-state index is -0.716. The van der Waals surface area contributed by atoms with Gasteiger partial charge in [-0.3, -0.25) is 19.3 Å². The molecule has 0 spiro atoms. The number of amides is 3. The maximum absolute atomic E-state index is 13.1. The quantitative estimate of drug-likeness (QED) is 0.285. The van der Waals surface area contributed by atoms with Crippen molar-refractivity contribution >= 4 is 85.8 Å². The Morgan fingerprint density at radius 1 is 1.06 bits per heavy atom. The number of halogens is 4. The zero-order chi connectivity index (χ0) is 25.9. The van der Waals surface area contributed by atoms with Crippen LogP contribution in [-0.4, -0.2) is 41.1 Å². The SMILES string of the molecule is Cc1cc(Br)c(Cl)cc1NC(=O)COC(=O)c1ccc(N2C(=O)[C@@H]3[C@H]4C[C@@H]([C@H](Cl)[C@H]4Cl)[C@@H]3C2=O)cc1. The second-order valence-corrected chi connectivity index (χ2v) is 11.5. The maximum atomic E-state index is 13.1. The number of imide groups is 1. The molecule has 1 aliphatic heterocycles. The summed E-state index contributed by atoms with van der Waals surface area (Å²) >= 11 is 22.2. The number of fused-ring (bicyclic) bond motifs is 5. The van der Waals surface area contributed by atoms with Crippen molar-refractivity contribution in [1.29, 1.82) is 0 Å². The van der Waals surface area contributed by atoms with E-state index in [1.165, 1.54) is 29.2 Å². The Morgan fingerprint density at radius 2 is 1.64 bits per heavy atom. The third-order valence-corrected chi connectivity index (χ3v) is 9.74. The summed E-state index contributed by atoms with van der Waals surface area (Å²) < 4.78 is 5.82. The highest BCUT2D eigenvalue weighted by molar-refractivity contribution is 9.10. The van der Waals surface area contributed by atoms with Gasteiger partial charge in [-0.25, -0.2) is 4.79 Å². The van der Waals surface area contributed by atoms with E-state index in [1.807, 2.05) is 0 Å². The van der Waals surface area contributed by atoms with Crippen molar-refractivity contribution in [3.05, 3.63) is 57.0 Å². The molecule has 2 bridgehead atoms. The monoisotopic (exact) mass is 612 g/mol. The van der Waals surface area contributed by atoms with Crippen molar-refractivity contribution in [2.75, 3.05) is 16.8 Å². The summed E-state index contributed by atoms with van der Waals surface area (Å²) in [5.41, 5.74) is 1.84. The van der Waals surface area contributed by atoms with Gasteiger partial charge in [-0.2, -0.15) is 0 Å². The molecule has 2 aliphatic carbocycles. The first-order chi connectivity index (χ1) is 17.1. The molecule has 6 atom stereocenters. The number of nitrogens with zero attached hydrogens (tertiary/aromatic N) is 1. The van der Waals surface area contributed by atoms with E-state index in [4.69, 9.17) is 39.5 Å². The van der Waals surface area contributed by atoms with Gasteiger partial charge in [-0.05, 0) is 83.1 Å². The van der Waals surface area contributed by atoms with Gasteiger partial charge < -0.3 is 10.1 Å². The van der Waals surface area contributed by atoms with E-state index >= 15 is 0 Å². The molecule has 3 fully saturated rings. The molecule has 0 radical (unpaired) electrons. The topological polar surface area (TPSA) is 92.8 Å². The average Bonchev–Trinajstić information content (AvgIpc) is 3.46. The molecule has 3 aliphatic rings. The molecular formula is C25H20BrCl3N2O5. The zero-order valence-electron chi connectivity index (χ0n) is 18.8. The van der Waals surface area contributed by atoms with Crippen LogP contribution in [0.1, 0.15) is 22.3 Å². The van der Waals surface area contributed by atoms with Crippen LogP contribution in [-0.2, 0) is 19.1 Å². The molecule has 1 saturated heterocycles. The standard InChI is InChI=1S/C25H20BrCl3N2O5/c1-10-6-15(26)16(27)8-17(10)30-18(32)9-36-25(35)11-2-4-12(5-3-11)31-23(33)19-13-7-14(20(19)24(31)34)22(29)21(13)28/h2-6,8,13-14,19-22H,7,9H2,1H3,(H,30,32)/t13-,14-,19-,20+,21+,22+/m1/s1. The highest BCUT2D eigenvalue weighted by Crippen LogP contribution is 2.59. The number of rotatable bonds is 5. The summed E-state index contributed by atoms with van der Waals surface area (Å²) in [6.45, 7) is 1.31. The highest BCUT2D eigenvalue weighted by atomic mass is 79.9. The predicted octanol–water partition coefficient (Wildman–Crippen LogP) is 5.18. The van der Waals surface area contributed by atoms with Crippen LogP contribution in [0.5, 0.6) is 0 Å². The maximum Gasteiger partial charge on any atom is 0.338 e. The van der Waals surface area contributed by atoms with Gasteiger partial charge in [0.05, 0.1) is 38.9 Å². The third-order valence-electron chi connectivity index (χ3n) is 7.22. The smallest absolute Gasteiger partial charge is 0.338 e. The van der Waals surface area contributed by atoms with Crippen LogP contribution in [0.3, 0.4) is 0 Å². The van der Waals surface area contributed by atoms with Gasteiger partial charge in [-0.1, -0.05) is 11.6 Å². The number of hydrogen-bond acceptors (Lipinski definition) is 5. The normalized spacial score (nSPS) is 28.4. The fourth-order valence-electron chi connectivity index (χ4n) is 5.53. The molecule has 1 N–H and O–H groups in total. The van der Waals surface area contributed by atoms with Gasteiger partial charge >= 0.3 is 5.97 Å². The molecule has 7 nitrogen and oxygen atoms in total. The predicted molar refractivity (Wildman–Crippen MR) is 140 cm³/mol. The Bertz CT molecular complexity index is 1260. The molecule has 36 heavy (non-hydrogen) atoms. The summed E-state index contributed by atoms with van der Waals surface area (Å²) in [4.78, 5) is 52.1. The number of anilines is 2. The lowest BCUT2D eigenvalue weighted by Gasteiger charge is -2.28. The van der Waals surface area contributed by atoms with Gasteiger partial charge in [-0.15, -0.1) is 23.2 Å². The minimum absolute atomic E-state index is 0.108. The van der Waals surface area contributed by atoms with Crippen molar-refractivity contribution in [3.63, 3.8) is 0 Å². The molecule has 0 unspecified atom stereocenters. The molecule has 188 valence electrons. The van der Waals surface area contributed by atoms with E-state index in [2.05, 4.69) is 21.2 Å². The molecule has 3 amide bonds. The van der Waals surface area contributed by atoms with Crippen LogP contribution in [0.2, 0.25) is 5.02 Å². The Kier molecular flexibility index (Phi) is 6.83. The molecule has 2 aromatic rings. The molecule has 1 heterocycles. The van der Waals surface area contributed by atoms with E-state index in [1.54, 1.807) is 19.1 Å². The van der Waals surface area contributed by atoms with Crippen molar-refractivity contribution in [2.24, 2.45) is 23.7 Å². The summed E-state index contributed by atoms with van der Waals surface area (Å²) in [7, 11) is 0. The zero-order valence-corrected chi connectivity index (χ0v) is 22.7. The van der Waals surface area contributed by atoms with Crippen LogP contribution in [0, 0.1) is 30.6 Å². The van der Waals surface area contributed by atoms with Crippen LogP contribution in [0.4, 0.5) is 11.4 Å². The lowest BCUT2D eigenvalue weighted by Crippen LogP contribution is -2.37. The Hall–Kier alpha value is -2.13. The number of benzene rings is 2. The first kappa shape index (κ1) is 25.5. The highest BCUT2D eigenvalue weighted by Gasteiger charge is 2.66. The lowest BCUT2D eigenvalue weighted by atomic mass is 9.80. The summed E-state index contributed by atoms with van der Waals surface area (Å²) in [5, 5.41) is 2.44. The first-order valence-electron chi connectivity index (χ1n) is 11.3. The summed E-state index contributed by atoms with van der Waals surface area (Å²) in [6.07, 6.45) is 0.690. The Morgan fingerprint density at radius 3 is 2.22 bits per heavy atom. The summed E-state index contributed by atoms with van der Waals surface area (Å²) in [5.74, 6) is -2.91. The number of carbonyl (C=O) groups excluding carboxylic acids is 4. The Labute approximate surface area is 230 Å². The molecular weight excluding hydrogens is 595 g/mol. The first-order valence-corrected chi connectivity index (χ1v) is 13.3. The van der Waals surface area contributed by atoms with Gasteiger partial charge in [0.1, 0.15) is 0 Å². The fraction of sp³-hybridized carbons (Fsp3) is 0.360. The van der Waals surface area contributed by atoms with Crippen LogP contribution in [0.25, 0.3) is 0 Å². The number of aryl methyl sites for hydroxylation is 1. The number of esters is 1. The number of alkyl halides is 2. The van der Waals surface area contributed by atoms with E-state index < -0.39 is 30.3 Å². The minimum Gasteiger partial charge on any atom is -0.452 e. The largest absolute Gasteiger partial charge is 0.452 e. The molecule has 0 aromatic heterocycles. The van der Waals surface area contributed by atoms with Crippen LogP contribution < -0.4 is 10.2 Å². The van der Waals surface area contributed by atoms with Gasteiger partial charge in [0.15, 0.2) is 6.61 Å². The van der Waals surface area contributed by atoms with Gasteiger partial charge in [0.25, 0.3) is 5.91 Å². The number of ether oxygens (including phenoxy) is 1. The molecule has 2 aromatic carbocycles. The van der Waals surface area contributed by atoms with Crippen molar-refractivity contribution in [1.82, 2.24) is 0 Å². The van der Waals surface area contributed by atoms with E-state index in [0.29, 0.717) is 27.3 Å². The third kappa shape index (κ3) is 4.22. The number of nitrogens with one attached hydrogen (secondary N) is 1. The lowest BCUT2D eigenvalue weighted by molar-refractivity contribution is -0.123. The second-order valence-electron chi connectivity index (χ2n) is 9.27. The molecule has 5 rings (SSSR count). The number of hydrogen-bond donors (Lipinski definition) is 1. The van der Waals surface area contributed by atoms with Crippen molar-refractivity contribution < 1.29 is 23.9 Å². The Balaban J connectivity index is 1.21. The van der Waals surface area contributed by atoms with Gasteiger partial charge in [0.2, 0.25) is 11.8 Å². The van der Waals surface area contributed by atoms with Crippen LogP contribution >= 0.6 is 50.7 Å². The fourth-order valence-corrected chi connectivity index (χ4v) is 7.05. The van der Waals surface area contributed by atoms with Gasteiger partial charge in [0, 0.05) is 10.2 Å². The number of carbonyl (C=O) groups is 4. The molecule has 11 heteroatoms.